The first-order chi connectivity index (χ1) is 17.5. The third kappa shape index (κ3) is 4.99. The Morgan fingerprint density at radius 2 is 1.56 bits per heavy atom. The van der Waals surface area contributed by atoms with Gasteiger partial charge in [0.15, 0.2) is 5.16 Å². The van der Waals surface area contributed by atoms with Crippen LogP contribution in [0, 0.1) is 13.8 Å². The van der Waals surface area contributed by atoms with Gasteiger partial charge in [-0.3, -0.25) is 9.36 Å². The summed E-state index contributed by atoms with van der Waals surface area (Å²) in [5.74, 6) is 0.692. The number of methoxy groups -OCH3 is 1. The van der Waals surface area contributed by atoms with Crippen LogP contribution in [0.25, 0.3) is 16.7 Å². The average molecular weight is 494 g/mol. The molecule has 0 bridgehead atoms. The number of anilines is 1. The van der Waals surface area contributed by atoms with E-state index in [0.717, 1.165) is 50.0 Å². The van der Waals surface area contributed by atoms with Crippen molar-refractivity contribution in [2.24, 2.45) is 0 Å². The maximum atomic E-state index is 13.7. The van der Waals surface area contributed by atoms with Gasteiger partial charge in [-0.25, -0.2) is 4.98 Å². The predicted molar refractivity (Wildman–Crippen MR) is 147 cm³/mol. The number of benzene rings is 4. The molecule has 0 aliphatic rings. The number of carbonyl (C=O) groups excluding carboxylic acids is 1. The molecule has 1 unspecified atom stereocenters. The fourth-order valence-electron chi connectivity index (χ4n) is 4.32. The Hall–Kier alpha value is -4.03. The summed E-state index contributed by atoms with van der Waals surface area (Å²) < 4.78 is 7.45. The van der Waals surface area contributed by atoms with E-state index in [1.54, 1.807) is 7.11 Å². The average Bonchev–Trinajstić information content (AvgIpc) is 3.25. The van der Waals surface area contributed by atoms with Crippen LogP contribution in [0.2, 0.25) is 0 Å². The summed E-state index contributed by atoms with van der Waals surface area (Å²) in [6.07, 6.45) is 0. The molecule has 1 N–H and O–H groups in total. The first kappa shape index (κ1) is 23.7. The summed E-state index contributed by atoms with van der Waals surface area (Å²) in [6.45, 7) is 4.06. The van der Waals surface area contributed by atoms with Crippen LogP contribution >= 0.6 is 11.8 Å². The van der Waals surface area contributed by atoms with Gasteiger partial charge in [0.05, 0.1) is 18.1 Å². The van der Waals surface area contributed by atoms with E-state index in [1.165, 1.54) is 11.8 Å². The molecule has 1 amide bonds. The molecule has 0 fully saturated rings. The molecule has 0 saturated carbocycles. The first-order valence-corrected chi connectivity index (χ1v) is 12.6. The van der Waals surface area contributed by atoms with E-state index in [-0.39, 0.29) is 5.91 Å². The van der Waals surface area contributed by atoms with Crippen molar-refractivity contribution in [1.29, 1.82) is 0 Å². The van der Waals surface area contributed by atoms with Crippen molar-refractivity contribution < 1.29 is 9.53 Å². The zero-order chi connectivity index (χ0) is 25.1. The Bertz CT molecular complexity index is 1490. The molecule has 36 heavy (non-hydrogen) atoms. The molecule has 0 spiro atoms. The van der Waals surface area contributed by atoms with Gasteiger partial charge in [-0.05, 0) is 79.1 Å². The van der Waals surface area contributed by atoms with Gasteiger partial charge >= 0.3 is 0 Å². The Morgan fingerprint density at radius 1 is 0.889 bits per heavy atom. The number of hydrogen-bond donors (Lipinski definition) is 1. The Morgan fingerprint density at radius 3 is 2.25 bits per heavy atom. The number of aromatic nitrogens is 2. The minimum Gasteiger partial charge on any atom is -0.497 e. The van der Waals surface area contributed by atoms with Gasteiger partial charge in [0.25, 0.3) is 0 Å². The number of para-hydroxylation sites is 2. The molecule has 0 aliphatic carbocycles. The second-order valence-electron chi connectivity index (χ2n) is 8.69. The minimum atomic E-state index is -0.499. The highest BCUT2D eigenvalue weighted by molar-refractivity contribution is 8.00. The van der Waals surface area contributed by atoms with Gasteiger partial charge in [-0.2, -0.15) is 0 Å². The number of hydrogen-bond acceptors (Lipinski definition) is 4. The largest absolute Gasteiger partial charge is 0.497 e. The van der Waals surface area contributed by atoms with Crippen molar-refractivity contribution in [3.8, 4) is 11.4 Å². The van der Waals surface area contributed by atoms with Crippen LogP contribution < -0.4 is 10.1 Å². The maximum absolute atomic E-state index is 13.7. The Balaban J connectivity index is 1.57. The molecule has 6 heteroatoms. The molecule has 1 aromatic heterocycles. The van der Waals surface area contributed by atoms with Crippen molar-refractivity contribution in [3.63, 3.8) is 0 Å². The Labute approximate surface area is 215 Å². The van der Waals surface area contributed by atoms with E-state index in [2.05, 4.69) is 16.0 Å². The van der Waals surface area contributed by atoms with Gasteiger partial charge in [0.1, 0.15) is 11.0 Å². The number of carbonyl (C=O) groups is 1. The molecule has 4 aromatic carbocycles. The summed E-state index contributed by atoms with van der Waals surface area (Å²) in [5.41, 5.74) is 6.73. The van der Waals surface area contributed by atoms with Gasteiger partial charge in [0, 0.05) is 11.4 Å². The van der Waals surface area contributed by atoms with Gasteiger partial charge in [-0.15, -0.1) is 0 Å². The molecule has 1 atom stereocenters. The lowest BCUT2D eigenvalue weighted by Crippen LogP contribution is -2.19. The smallest absolute Gasteiger partial charge is 0.242 e. The SMILES string of the molecule is COc1ccc(-n2c(SC(C(=O)Nc3cc(C)cc(C)c3)c3ccccc3)nc3ccccc32)cc1. The number of fused-ring (bicyclic) bond motifs is 1. The monoisotopic (exact) mass is 493 g/mol. The number of ether oxygens (including phenoxy) is 1. The summed E-state index contributed by atoms with van der Waals surface area (Å²) in [4.78, 5) is 18.6. The second kappa shape index (κ2) is 10.3. The van der Waals surface area contributed by atoms with Crippen LogP contribution in [0.4, 0.5) is 5.69 Å². The number of nitrogens with zero attached hydrogens (tertiary/aromatic N) is 2. The Kier molecular flexibility index (Phi) is 6.78. The number of rotatable bonds is 7. The molecule has 0 radical (unpaired) electrons. The summed E-state index contributed by atoms with van der Waals surface area (Å²) in [5, 5.41) is 3.38. The molecule has 180 valence electrons. The molecule has 0 saturated heterocycles. The van der Waals surface area contributed by atoms with Crippen molar-refractivity contribution in [1.82, 2.24) is 9.55 Å². The molecule has 5 aromatic rings. The van der Waals surface area contributed by atoms with Gasteiger partial charge < -0.3 is 10.1 Å². The summed E-state index contributed by atoms with van der Waals surface area (Å²) in [7, 11) is 1.65. The molecular formula is C30H27N3O2S. The van der Waals surface area contributed by atoms with Crippen molar-refractivity contribution in [3.05, 3.63) is 114 Å². The number of nitrogens with one attached hydrogen (secondary N) is 1. The summed E-state index contributed by atoms with van der Waals surface area (Å²) >= 11 is 1.44. The predicted octanol–water partition coefficient (Wildman–Crippen LogP) is 7.12. The van der Waals surface area contributed by atoms with E-state index in [0.29, 0.717) is 0 Å². The van der Waals surface area contributed by atoms with Crippen LogP contribution in [-0.4, -0.2) is 22.6 Å². The number of imidazole rings is 1. The maximum Gasteiger partial charge on any atom is 0.242 e. The summed E-state index contributed by atoms with van der Waals surface area (Å²) in [6, 6.07) is 31.8. The first-order valence-electron chi connectivity index (χ1n) is 11.7. The molecule has 5 nitrogen and oxygen atoms in total. The fraction of sp³-hybridized carbons (Fsp3) is 0.133. The van der Waals surface area contributed by atoms with Crippen LogP contribution in [0.15, 0.2) is 102 Å². The third-order valence-electron chi connectivity index (χ3n) is 5.91. The van der Waals surface area contributed by atoms with Gasteiger partial charge in [-0.1, -0.05) is 60.3 Å². The van der Waals surface area contributed by atoms with E-state index >= 15 is 0 Å². The van der Waals surface area contributed by atoms with Crippen LogP contribution in [0.5, 0.6) is 5.75 Å². The normalized spacial score (nSPS) is 11.9. The third-order valence-corrected chi connectivity index (χ3v) is 7.12. The lowest BCUT2D eigenvalue weighted by Gasteiger charge is -2.18. The van der Waals surface area contributed by atoms with E-state index in [4.69, 9.17) is 9.72 Å². The van der Waals surface area contributed by atoms with Crippen LogP contribution in [0.1, 0.15) is 21.9 Å². The molecule has 5 rings (SSSR count). The van der Waals surface area contributed by atoms with Crippen LogP contribution in [0.3, 0.4) is 0 Å². The van der Waals surface area contributed by atoms with Crippen LogP contribution in [-0.2, 0) is 4.79 Å². The number of thioether (sulfide) groups is 1. The standard InChI is InChI=1S/C30H27N3O2S/c1-20-17-21(2)19-23(18-20)31-29(34)28(22-9-5-4-6-10-22)36-30-32-26-11-7-8-12-27(26)33(30)24-13-15-25(35-3)16-14-24/h4-19,28H,1-3H3,(H,31,34). The number of aryl methyl sites for hydroxylation is 2. The highest BCUT2D eigenvalue weighted by Gasteiger charge is 2.26. The topological polar surface area (TPSA) is 56.1 Å². The molecule has 1 heterocycles. The fourth-order valence-corrected chi connectivity index (χ4v) is 5.45. The van der Waals surface area contributed by atoms with E-state index in [9.17, 15) is 4.79 Å². The zero-order valence-electron chi connectivity index (χ0n) is 20.4. The van der Waals surface area contributed by atoms with Crippen molar-refractivity contribution >= 4 is 34.4 Å². The van der Waals surface area contributed by atoms with Gasteiger partial charge in [0.2, 0.25) is 5.91 Å². The highest BCUT2D eigenvalue weighted by Crippen LogP contribution is 2.39. The lowest BCUT2D eigenvalue weighted by molar-refractivity contribution is -0.115. The second-order valence-corrected chi connectivity index (χ2v) is 9.76. The highest BCUT2D eigenvalue weighted by atomic mass is 32.2. The van der Waals surface area contributed by atoms with Crippen molar-refractivity contribution in [2.45, 2.75) is 24.3 Å². The lowest BCUT2D eigenvalue weighted by atomic mass is 10.1. The van der Waals surface area contributed by atoms with E-state index < -0.39 is 5.25 Å². The molecular weight excluding hydrogens is 466 g/mol. The van der Waals surface area contributed by atoms with Crippen molar-refractivity contribution in [2.75, 3.05) is 12.4 Å². The van der Waals surface area contributed by atoms with E-state index in [1.807, 2.05) is 105 Å². The number of amides is 1. The molecule has 0 aliphatic heterocycles. The zero-order valence-corrected chi connectivity index (χ0v) is 21.3. The quantitative estimate of drug-likeness (QED) is 0.245. The minimum absolute atomic E-state index is 0.0930.